The minimum atomic E-state index is -3.72. The number of rotatable bonds is 10. The molecule has 33 heavy (non-hydrogen) atoms. The van der Waals surface area contributed by atoms with Gasteiger partial charge in [0.05, 0.1) is 25.7 Å². The molecule has 1 aromatic rings. The van der Waals surface area contributed by atoms with Crippen molar-refractivity contribution in [1.29, 1.82) is 5.26 Å². The molecular weight excluding hydrogens is 465 g/mol. The van der Waals surface area contributed by atoms with Crippen LogP contribution in [-0.4, -0.2) is 43.3 Å². The third-order valence-electron chi connectivity index (χ3n) is 6.04. The fourth-order valence-electron chi connectivity index (χ4n) is 2.97. The number of nitriles is 1. The second kappa shape index (κ2) is 10.6. The summed E-state index contributed by atoms with van der Waals surface area (Å²) in [4.78, 5) is 26.4. The number of H-pyrrole nitrogens is 1. The van der Waals surface area contributed by atoms with Crippen LogP contribution in [-0.2, 0) is 22.8 Å². The highest BCUT2D eigenvalue weighted by Gasteiger charge is 2.44. The van der Waals surface area contributed by atoms with Crippen molar-refractivity contribution in [2.45, 2.75) is 77.1 Å². The van der Waals surface area contributed by atoms with Crippen LogP contribution in [0.4, 0.5) is 0 Å². The maximum atomic E-state index is 13.1. The molecular formula is C21H34N3O7PSi. The fourth-order valence-corrected chi connectivity index (χ4v) is 5.18. The Hall–Kier alpha value is -1.80. The van der Waals surface area contributed by atoms with Gasteiger partial charge < -0.3 is 13.7 Å². The van der Waals surface area contributed by atoms with Crippen molar-refractivity contribution in [2.24, 2.45) is 0 Å². The molecule has 2 rings (SSSR count). The number of nitrogens with zero attached hydrogens (tertiary/aromatic N) is 2. The van der Waals surface area contributed by atoms with E-state index < -0.39 is 45.6 Å². The molecule has 0 amide bonds. The van der Waals surface area contributed by atoms with Gasteiger partial charge in [0.25, 0.3) is 5.56 Å². The summed E-state index contributed by atoms with van der Waals surface area (Å²) >= 11 is 0. The lowest BCUT2D eigenvalue weighted by atomic mass is 10.2. The van der Waals surface area contributed by atoms with Crippen LogP contribution in [0.3, 0.4) is 0 Å². The molecule has 0 radical (unpaired) electrons. The summed E-state index contributed by atoms with van der Waals surface area (Å²) in [5.74, 6) is 1.10. The van der Waals surface area contributed by atoms with Gasteiger partial charge in [-0.2, -0.15) is 5.26 Å². The van der Waals surface area contributed by atoms with Gasteiger partial charge in [-0.05, 0) is 25.1 Å². The van der Waals surface area contributed by atoms with E-state index in [1.807, 2.05) is 6.07 Å². The van der Waals surface area contributed by atoms with Crippen LogP contribution in [0.25, 0.3) is 0 Å². The summed E-state index contributed by atoms with van der Waals surface area (Å²) in [6, 6.07) is 1.92. The lowest BCUT2D eigenvalue weighted by Crippen LogP contribution is -2.44. The Morgan fingerprint density at radius 1 is 1.42 bits per heavy atom. The monoisotopic (exact) mass is 499 g/mol. The van der Waals surface area contributed by atoms with Crippen molar-refractivity contribution in [3.63, 3.8) is 0 Å². The van der Waals surface area contributed by atoms with E-state index in [1.54, 1.807) is 6.92 Å². The summed E-state index contributed by atoms with van der Waals surface area (Å²) in [6.45, 7) is 15.8. The van der Waals surface area contributed by atoms with Crippen molar-refractivity contribution in [1.82, 2.24) is 9.55 Å². The van der Waals surface area contributed by atoms with Gasteiger partial charge in [0, 0.05) is 24.0 Å². The zero-order valence-electron chi connectivity index (χ0n) is 20.1. The van der Waals surface area contributed by atoms with Crippen molar-refractivity contribution in [3.05, 3.63) is 45.0 Å². The van der Waals surface area contributed by atoms with Gasteiger partial charge in [-0.25, -0.2) is 4.79 Å². The number of hydrogen-bond donors (Lipinski definition) is 1. The van der Waals surface area contributed by atoms with Gasteiger partial charge in [-0.3, -0.25) is 23.4 Å². The van der Waals surface area contributed by atoms with E-state index in [-0.39, 0.29) is 31.1 Å². The summed E-state index contributed by atoms with van der Waals surface area (Å²) in [5, 5.41) is 8.69. The van der Waals surface area contributed by atoms with E-state index in [0.29, 0.717) is 5.56 Å². The number of ether oxygens (including phenoxy) is 1. The second-order valence-electron chi connectivity index (χ2n) is 9.52. The minimum absolute atomic E-state index is 0.0366. The van der Waals surface area contributed by atoms with E-state index in [1.165, 1.54) is 10.8 Å². The first kappa shape index (κ1) is 27.4. The van der Waals surface area contributed by atoms with E-state index in [0.717, 1.165) is 5.82 Å². The molecule has 0 bridgehead atoms. The largest absolute Gasteiger partial charge is 0.414 e. The number of hydrogen-bond acceptors (Lipinski definition) is 8. The zero-order chi connectivity index (χ0) is 25.0. The van der Waals surface area contributed by atoms with Gasteiger partial charge >= 0.3 is 13.3 Å². The van der Waals surface area contributed by atoms with Gasteiger partial charge in [-0.1, -0.05) is 27.4 Å². The third-order valence-corrected chi connectivity index (χ3v) is 12.1. The van der Waals surface area contributed by atoms with E-state index in [4.69, 9.17) is 23.5 Å². The number of aromatic nitrogens is 2. The molecule has 1 aliphatic heterocycles. The van der Waals surface area contributed by atoms with Gasteiger partial charge in [-0.15, -0.1) is 0 Å². The van der Waals surface area contributed by atoms with Crippen molar-refractivity contribution in [3.8, 4) is 6.07 Å². The predicted octanol–water partition coefficient (Wildman–Crippen LogP) is 3.81. The normalized spacial score (nSPS) is 23.1. The number of aryl methyl sites for hydroxylation is 1. The molecule has 1 aromatic heterocycles. The van der Waals surface area contributed by atoms with Gasteiger partial charge in [0.2, 0.25) is 0 Å². The van der Waals surface area contributed by atoms with Crippen molar-refractivity contribution < 1.29 is 22.8 Å². The van der Waals surface area contributed by atoms with Crippen LogP contribution in [0.15, 0.2) is 28.2 Å². The first-order chi connectivity index (χ1) is 15.2. The van der Waals surface area contributed by atoms with Crippen LogP contribution < -0.4 is 11.2 Å². The molecule has 10 nitrogen and oxygen atoms in total. The average molecular weight is 500 g/mol. The summed E-state index contributed by atoms with van der Waals surface area (Å²) in [5.41, 5.74) is -0.729. The molecule has 12 heteroatoms. The zero-order valence-corrected chi connectivity index (χ0v) is 22.0. The molecule has 0 saturated carbocycles. The molecule has 0 aromatic carbocycles. The van der Waals surface area contributed by atoms with E-state index in [2.05, 4.69) is 45.4 Å². The molecule has 0 aliphatic carbocycles. The summed E-state index contributed by atoms with van der Waals surface area (Å²) < 4.78 is 37.9. The van der Waals surface area contributed by atoms with Crippen molar-refractivity contribution in [2.75, 3.05) is 13.2 Å². The molecule has 1 unspecified atom stereocenters. The van der Waals surface area contributed by atoms with E-state index in [9.17, 15) is 14.2 Å². The third kappa shape index (κ3) is 6.85. The topological polar surface area (TPSA) is 133 Å². The molecule has 4 atom stereocenters. The number of aromatic amines is 1. The summed E-state index contributed by atoms with van der Waals surface area (Å²) in [6.07, 6.45) is -0.480. The molecule has 2 heterocycles. The maximum Gasteiger partial charge on any atom is 0.353 e. The molecule has 1 aliphatic rings. The first-order valence-corrected chi connectivity index (χ1v) is 15.3. The average Bonchev–Trinajstić information content (AvgIpc) is 3.10. The Labute approximate surface area is 195 Å². The molecule has 1 fully saturated rings. The lowest BCUT2D eigenvalue weighted by Gasteiger charge is -2.37. The minimum Gasteiger partial charge on any atom is -0.414 e. The Balaban J connectivity index is 2.30. The van der Waals surface area contributed by atoms with E-state index >= 15 is 0 Å². The SMILES string of the molecule is C=CP(=O)(OCCC#N)O[C@H]1C[C@H](n2cc(C)c(=O)[nH]c2=O)O[C@@H]1CO[Si](C)(C)C(C)(C)C. The maximum absolute atomic E-state index is 13.1. The second-order valence-corrected chi connectivity index (χ2v) is 16.2. The van der Waals surface area contributed by atoms with Crippen LogP contribution in [0.1, 0.15) is 45.4 Å². The van der Waals surface area contributed by atoms with Gasteiger partial charge in [0.1, 0.15) is 18.4 Å². The number of nitrogens with one attached hydrogen (secondary N) is 1. The predicted molar refractivity (Wildman–Crippen MR) is 127 cm³/mol. The highest BCUT2D eigenvalue weighted by molar-refractivity contribution is 7.57. The highest BCUT2D eigenvalue weighted by Crippen LogP contribution is 2.53. The van der Waals surface area contributed by atoms with Crippen LogP contribution >= 0.6 is 7.60 Å². The lowest BCUT2D eigenvalue weighted by molar-refractivity contribution is -0.0409. The Morgan fingerprint density at radius 3 is 2.67 bits per heavy atom. The van der Waals surface area contributed by atoms with Crippen LogP contribution in [0.5, 0.6) is 0 Å². The quantitative estimate of drug-likeness (QED) is 0.292. The Morgan fingerprint density at radius 2 is 2.09 bits per heavy atom. The van der Waals surface area contributed by atoms with Crippen molar-refractivity contribution >= 4 is 15.9 Å². The fraction of sp³-hybridized carbons (Fsp3) is 0.667. The molecule has 1 N–H and O–H groups in total. The van der Waals surface area contributed by atoms with Crippen LogP contribution in [0, 0.1) is 18.3 Å². The first-order valence-electron chi connectivity index (χ1n) is 10.8. The smallest absolute Gasteiger partial charge is 0.353 e. The highest BCUT2D eigenvalue weighted by atomic mass is 31.2. The standard InChI is InChI=1S/C21H34N3O7PSi/c1-8-32(27,28-11-9-10-22)31-16-12-18(24-13-15(2)19(25)23-20(24)26)30-17(16)14-29-33(6,7)21(3,4)5/h8,13,16-18H,1,9,11-12,14H2,2-7H3,(H,23,25,26)/t16-,17+,18+,32?/m0/s1. The Kier molecular flexibility index (Phi) is 8.84. The molecule has 0 spiro atoms. The van der Waals surface area contributed by atoms with Crippen LogP contribution in [0.2, 0.25) is 18.1 Å². The summed E-state index contributed by atoms with van der Waals surface area (Å²) in [7, 11) is -5.85. The Bertz CT molecular complexity index is 1050. The van der Waals surface area contributed by atoms with Gasteiger partial charge in [0.15, 0.2) is 8.32 Å². The molecule has 1 saturated heterocycles. The molecule has 184 valence electrons.